The maximum atomic E-state index is 15.9. The number of carbonyl (C=O) groups is 1. The summed E-state index contributed by atoms with van der Waals surface area (Å²) in [5, 5.41) is 0. The van der Waals surface area contributed by atoms with Crippen LogP contribution in [-0.2, 0) is 42.4 Å². The number of imidazole rings is 1. The van der Waals surface area contributed by atoms with Crippen LogP contribution in [-0.4, -0.2) is 124 Å². The van der Waals surface area contributed by atoms with Gasteiger partial charge in [0.25, 0.3) is 5.91 Å². The topological polar surface area (TPSA) is 283 Å². The number of anilines is 1. The molecule has 7 rings (SSSR count). The Bertz CT molecular complexity index is 1810. The molecule has 0 spiro atoms. The largest absolute Gasteiger partial charge is 0.472 e. The van der Waals surface area contributed by atoms with E-state index in [-0.39, 0.29) is 22.8 Å². The van der Waals surface area contributed by atoms with Crippen LogP contribution in [0.25, 0.3) is 11.2 Å². The highest BCUT2D eigenvalue weighted by atomic mass is 32.2. The van der Waals surface area contributed by atoms with Gasteiger partial charge in [0.15, 0.2) is 48.1 Å². The molecule has 1 amide bonds. The number of nitrogens with zero attached hydrogens (tertiary/aromatic N) is 8. The van der Waals surface area contributed by atoms with E-state index in [1.165, 1.54) is 0 Å². The molecule has 0 saturated carbocycles. The van der Waals surface area contributed by atoms with Gasteiger partial charge in [0.05, 0.1) is 19.3 Å². The zero-order valence-corrected chi connectivity index (χ0v) is 24.0. The molecule has 3 fully saturated rings. The van der Waals surface area contributed by atoms with E-state index >= 15 is 8.78 Å². The van der Waals surface area contributed by atoms with Crippen molar-refractivity contribution >= 4 is 59.1 Å². The molecule has 2 aromatic rings. The van der Waals surface area contributed by atoms with Gasteiger partial charge in [-0.1, -0.05) is 0 Å². The van der Waals surface area contributed by atoms with Gasteiger partial charge in [0.2, 0.25) is 5.96 Å². The SMILES string of the molecule is NC1=NC(=O)C2N=CN([C@@H]3O[C@@H]4CNS(=O)(=O)O[C@H]5[C@H](F)[C@H](n6cnc7c(N)ncnc76)O[C@@H]5COP(=O)(O)O[C@H]4[C@H]3F)C2=N1. The van der Waals surface area contributed by atoms with Crippen molar-refractivity contribution in [1.82, 2.24) is 29.1 Å². The summed E-state index contributed by atoms with van der Waals surface area (Å²) in [6.45, 7) is -1.72. The molecule has 10 atom stereocenters. The quantitative estimate of drug-likeness (QED) is 0.237. The average molecular weight is 678 g/mol. The number of hydrogen-bond donors (Lipinski definition) is 4. The van der Waals surface area contributed by atoms with Crippen molar-refractivity contribution in [2.24, 2.45) is 20.7 Å². The number of nitrogen functional groups attached to an aromatic ring is 1. The Labute approximate surface area is 250 Å². The standard InChI is InChI=1S/C20H22F2N11O10PS/c21-8-12-6(40-18(8)33-5-28-11-16(33)30-20(24)31-17(11)34)1-29-45(37,38)43-13-7(2-39-44(35,36)42-12)41-19(9(13)22)32-4-27-10-14(23)25-3-26-15(10)32/h3-9,11-13,18-19,29H,1-2H2,(H,35,36)(H2,23,25,26)(H2,24,31,34)/t6-,7-,8-,9+,11?,12-,13-,18-,19-/m1/s1. The Balaban J connectivity index is 1.14. The number of alkyl halides is 2. The van der Waals surface area contributed by atoms with Crippen LogP contribution in [0, 0.1) is 0 Å². The molecule has 45 heavy (non-hydrogen) atoms. The highest BCUT2D eigenvalue weighted by Gasteiger charge is 2.56. The summed E-state index contributed by atoms with van der Waals surface area (Å²) >= 11 is 0. The molecule has 0 aromatic carbocycles. The molecular formula is C20H22F2N11O10PS. The maximum absolute atomic E-state index is 15.9. The van der Waals surface area contributed by atoms with E-state index in [4.69, 9.17) is 34.2 Å². The number of nitrogens with one attached hydrogen (secondary N) is 1. The molecule has 0 aliphatic carbocycles. The number of phosphoric acid groups is 1. The normalized spacial score (nSPS) is 39.8. The lowest BCUT2D eigenvalue weighted by atomic mass is 10.1. The first kappa shape index (κ1) is 30.1. The first-order chi connectivity index (χ1) is 21.3. The summed E-state index contributed by atoms with van der Waals surface area (Å²) in [5.74, 6) is -1.35. The molecule has 2 aromatic heterocycles. The van der Waals surface area contributed by atoms with E-state index in [0.717, 1.165) is 28.5 Å². The fourth-order valence-electron chi connectivity index (χ4n) is 5.36. The minimum atomic E-state index is -5.17. The van der Waals surface area contributed by atoms with Gasteiger partial charge in [-0.15, -0.1) is 0 Å². The number of phosphoric ester groups is 1. The molecule has 5 aliphatic heterocycles. The van der Waals surface area contributed by atoms with Crippen molar-refractivity contribution in [1.29, 1.82) is 0 Å². The predicted octanol–water partition coefficient (Wildman–Crippen LogP) is -2.59. The third-order valence-corrected chi connectivity index (χ3v) is 9.34. The van der Waals surface area contributed by atoms with Crippen molar-refractivity contribution in [2.45, 2.75) is 55.3 Å². The molecule has 21 nitrogen and oxygen atoms in total. The molecule has 3 saturated heterocycles. The number of carbonyl (C=O) groups excluding carboxylic acids is 1. The lowest BCUT2D eigenvalue weighted by Gasteiger charge is -2.27. The van der Waals surface area contributed by atoms with E-state index in [1.807, 2.05) is 4.72 Å². The number of nitrogens with two attached hydrogens (primary N) is 2. The van der Waals surface area contributed by atoms with Crippen LogP contribution in [0.1, 0.15) is 6.23 Å². The van der Waals surface area contributed by atoms with E-state index in [9.17, 15) is 22.7 Å². The van der Waals surface area contributed by atoms with Crippen LogP contribution in [0.5, 0.6) is 0 Å². The van der Waals surface area contributed by atoms with Gasteiger partial charge in [-0.3, -0.25) is 28.3 Å². The second-order valence-electron chi connectivity index (χ2n) is 10.2. The third kappa shape index (κ3) is 5.26. The fourth-order valence-corrected chi connectivity index (χ4v) is 7.27. The molecule has 2 unspecified atom stereocenters. The Kier molecular flexibility index (Phi) is 7.18. The number of amidine groups is 1. The van der Waals surface area contributed by atoms with Gasteiger partial charge in [-0.2, -0.15) is 23.1 Å². The minimum absolute atomic E-state index is 0.0143. The monoisotopic (exact) mass is 677 g/mol. The third-order valence-electron chi connectivity index (χ3n) is 7.36. The molecule has 7 heterocycles. The summed E-state index contributed by atoms with van der Waals surface area (Å²) in [4.78, 5) is 46.8. The Morgan fingerprint density at radius 2 is 1.82 bits per heavy atom. The number of ether oxygens (including phenoxy) is 2. The van der Waals surface area contributed by atoms with E-state index < -0.39 is 98.4 Å². The Morgan fingerprint density at radius 1 is 1.07 bits per heavy atom. The zero-order chi connectivity index (χ0) is 31.8. The molecule has 6 N–H and O–H groups in total. The van der Waals surface area contributed by atoms with Crippen molar-refractivity contribution < 1.29 is 54.2 Å². The summed E-state index contributed by atoms with van der Waals surface area (Å²) in [6, 6.07) is -1.23. The van der Waals surface area contributed by atoms with Crippen molar-refractivity contribution in [3.05, 3.63) is 12.7 Å². The van der Waals surface area contributed by atoms with Gasteiger partial charge in [-0.25, -0.2) is 32.5 Å². The van der Waals surface area contributed by atoms with Crippen LogP contribution < -0.4 is 16.2 Å². The van der Waals surface area contributed by atoms with Gasteiger partial charge >= 0.3 is 18.1 Å². The second kappa shape index (κ2) is 10.7. The lowest BCUT2D eigenvalue weighted by molar-refractivity contribution is -0.117. The maximum Gasteiger partial charge on any atom is 0.472 e. The second-order valence-corrected chi connectivity index (χ2v) is 12.9. The highest BCUT2D eigenvalue weighted by Crippen LogP contribution is 2.49. The number of guanidine groups is 1. The zero-order valence-electron chi connectivity index (χ0n) is 22.3. The minimum Gasteiger partial charge on any atom is -0.382 e. The van der Waals surface area contributed by atoms with Gasteiger partial charge in [0.1, 0.15) is 36.3 Å². The van der Waals surface area contributed by atoms with Gasteiger partial charge in [0, 0.05) is 6.54 Å². The van der Waals surface area contributed by atoms with E-state index in [0.29, 0.717) is 0 Å². The molecular weight excluding hydrogens is 655 g/mol. The predicted molar refractivity (Wildman–Crippen MR) is 143 cm³/mol. The summed E-state index contributed by atoms with van der Waals surface area (Å²) in [7, 11) is -9.99. The number of aliphatic imine (C=N–C) groups is 3. The van der Waals surface area contributed by atoms with Gasteiger partial charge in [-0.05, 0) is 0 Å². The Hall–Kier alpha value is -3.61. The number of aromatic nitrogens is 4. The van der Waals surface area contributed by atoms with Crippen LogP contribution >= 0.6 is 7.82 Å². The van der Waals surface area contributed by atoms with Crippen LogP contribution in [0.4, 0.5) is 14.6 Å². The average Bonchev–Trinajstić information content (AvgIpc) is 3.72. The smallest absolute Gasteiger partial charge is 0.382 e. The fraction of sp³-hybridized carbons (Fsp3) is 0.550. The first-order valence-electron chi connectivity index (χ1n) is 13.0. The van der Waals surface area contributed by atoms with Crippen molar-refractivity contribution in [3.8, 4) is 0 Å². The Morgan fingerprint density at radius 3 is 2.62 bits per heavy atom. The molecule has 242 valence electrons. The van der Waals surface area contributed by atoms with E-state index in [1.54, 1.807) is 0 Å². The number of hydrogen-bond acceptors (Lipinski definition) is 17. The number of fused-ring (bicyclic) bond motifs is 4. The summed E-state index contributed by atoms with van der Waals surface area (Å²) in [6.07, 6.45) is -11.5. The van der Waals surface area contributed by atoms with Crippen molar-refractivity contribution in [2.75, 3.05) is 18.9 Å². The molecule has 25 heteroatoms. The molecule has 0 bridgehead atoms. The number of amides is 1. The lowest BCUT2D eigenvalue weighted by Crippen LogP contribution is -2.48. The van der Waals surface area contributed by atoms with Crippen molar-refractivity contribution in [3.63, 3.8) is 0 Å². The highest BCUT2D eigenvalue weighted by molar-refractivity contribution is 7.84. The summed E-state index contributed by atoms with van der Waals surface area (Å²) < 4.78 is 100. The molecule has 0 radical (unpaired) electrons. The number of rotatable bonds is 2. The summed E-state index contributed by atoms with van der Waals surface area (Å²) in [5.41, 5.74) is 11.5. The van der Waals surface area contributed by atoms with E-state index in [2.05, 4.69) is 29.9 Å². The van der Waals surface area contributed by atoms with Crippen LogP contribution in [0.2, 0.25) is 0 Å². The van der Waals surface area contributed by atoms with Crippen LogP contribution in [0.15, 0.2) is 27.6 Å². The number of halogens is 2. The van der Waals surface area contributed by atoms with Crippen LogP contribution in [0.3, 0.4) is 0 Å². The molecule has 5 aliphatic rings. The van der Waals surface area contributed by atoms with Gasteiger partial charge < -0.3 is 25.8 Å². The first-order valence-corrected chi connectivity index (χ1v) is 15.9.